The van der Waals surface area contributed by atoms with Crippen LogP contribution in [0.25, 0.3) is 11.1 Å². The maximum absolute atomic E-state index is 12.3. The molecule has 3 saturated heterocycles. The van der Waals surface area contributed by atoms with Gasteiger partial charge in [0.1, 0.15) is 0 Å². The van der Waals surface area contributed by atoms with Gasteiger partial charge in [-0.1, -0.05) is 29.3 Å². The normalized spacial score (nSPS) is 21.1. The largest absolute Gasteiger partial charge is 0.341 e. The fourth-order valence-corrected chi connectivity index (χ4v) is 7.97. The lowest BCUT2D eigenvalue weighted by Gasteiger charge is -2.40. The van der Waals surface area contributed by atoms with E-state index in [9.17, 15) is 4.79 Å². The van der Waals surface area contributed by atoms with Crippen LogP contribution in [0.1, 0.15) is 56.6 Å². The summed E-state index contributed by atoms with van der Waals surface area (Å²) in [6.45, 7) is 11.1. The molecular formula is C34H49Cl2N5O. The molecule has 0 aliphatic carbocycles. The topological polar surface area (TPSA) is 64.8 Å². The Morgan fingerprint density at radius 2 is 1.26 bits per heavy atom. The minimum absolute atomic E-state index is 0.100. The van der Waals surface area contributed by atoms with Crippen molar-refractivity contribution in [1.82, 2.24) is 20.0 Å². The zero-order valence-corrected chi connectivity index (χ0v) is 27.0. The minimum atomic E-state index is -0.393. The Morgan fingerprint density at radius 1 is 0.786 bits per heavy atom. The number of carbonyl (C=O) groups is 1. The Bertz CT molecular complexity index is 1160. The zero-order chi connectivity index (χ0) is 29.6. The Morgan fingerprint density at radius 3 is 1.76 bits per heavy atom. The van der Waals surface area contributed by atoms with Gasteiger partial charge in [0.15, 0.2) is 0 Å². The van der Waals surface area contributed by atoms with Crippen LogP contribution in [-0.4, -0.2) is 79.5 Å². The summed E-state index contributed by atoms with van der Waals surface area (Å²) in [5, 5.41) is 4.69. The van der Waals surface area contributed by atoms with E-state index < -0.39 is 6.04 Å². The summed E-state index contributed by atoms with van der Waals surface area (Å²) in [7, 11) is 2.06. The molecule has 1 atom stereocenters. The molecule has 0 bridgehead atoms. The number of hydrogen-bond donors (Lipinski definition) is 2. The smallest absolute Gasteiger partial charge is 0.239 e. The Labute approximate surface area is 262 Å². The molecule has 5 rings (SSSR count). The van der Waals surface area contributed by atoms with E-state index in [0.717, 1.165) is 95.1 Å². The first-order valence-electron chi connectivity index (χ1n) is 16.0. The van der Waals surface area contributed by atoms with Crippen molar-refractivity contribution >= 4 is 29.1 Å². The number of nitrogens with one attached hydrogen (secondary N) is 1. The summed E-state index contributed by atoms with van der Waals surface area (Å²) in [6.07, 6.45) is 7.22. The number of rotatable bonds is 9. The average molecular weight is 615 g/mol. The average Bonchev–Trinajstić information content (AvgIpc) is 2.98. The number of nitrogens with two attached hydrogens (primary N) is 1. The summed E-state index contributed by atoms with van der Waals surface area (Å²) in [6, 6.07) is 12.6. The van der Waals surface area contributed by atoms with Crippen molar-refractivity contribution in [3.05, 3.63) is 57.6 Å². The van der Waals surface area contributed by atoms with Crippen LogP contribution in [0, 0.1) is 17.8 Å². The van der Waals surface area contributed by atoms with Crippen molar-refractivity contribution in [2.75, 3.05) is 52.9 Å². The van der Waals surface area contributed by atoms with Crippen molar-refractivity contribution in [1.29, 1.82) is 0 Å². The molecule has 3 N–H and O–H groups in total. The second-order valence-electron chi connectivity index (χ2n) is 13.0. The van der Waals surface area contributed by atoms with Gasteiger partial charge in [-0.3, -0.25) is 14.6 Å². The van der Waals surface area contributed by atoms with Gasteiger partial charge in [0.25, 0.3) is 0 Å². The maximum Gasteiger partial charge on any atom is 0.239 e. The Hall–Kier alpha value is -1.67. The van der Waals surface area contributed by atoms with Crippen LogP contribution in [0.4, 0.5) is 0 Å². The third-order valence-corrected chi connectivity index (χ3v) is 10.2. The van der Waals surface area contributed by atoms with Gasteiger partial charge in [0, 0.05) is 36.2 Å². The first-order valence-corrected chi connectivity index (χ1v) is 16.8. The van der Waals surface area contributed by atoms with E-state index in [1.165, 1.54) is 42.4 Å². The van der Waals surface area contributed by atoms with Crippen LogP contribution < -0.4 is 11.1 Å². The molecule has 2 aromatic carbocycles. The molecule has 3 heterocycles. The highest BCUT2D eigenvalue weighted by Crippen LogP contribution is 2.34. The van der Waals surface area contributed by atoms with E-state index >= 15 is 0 Å². The Balaban J connectivity index is 1.22. The summed E-state index contributed by atoms with van der Waals surface area (Å²) in [5.41, 5.74) is 10.8. The fourth-order valence-electron chi connectivity index (χ4n) is 7.45. The van der Waals surface area contributed by atoms with Crippen LogP contribution in [0.3, 0.4) is 0 Å². The van der Waals surface area contributed by atoms with Crippen molar-refractivity contribution < 1.29 is 4.79 Å². The van der Waals surface area contributed by atoms with Crippen LogP contribution in [0.5, 0.6) is 0 Å². The quantitative estimate of drug-likeness (QED) is 0.369. The standard InChI is InChI=1S/C34H49Cl2N5O/c1-24(37)34(42)41-13-7-29(8-14-41)28-5-11-40(12-6-28)23-27-15-26(22-39-9-3-25(4-10-39)21-38-2)16-30(17-27)31-18-32(35)20-33(36)19-31/h15-20,24-25,28-29,38H,3-14,21-23,37H2,1-2H3. The second-order valence-corrected chi connectivity index (χ2v) is 13.9. The van der Waals surface area contributed by atoms with Crippen molar-refractivity contribution in [2.24, 2.45) is 23.5 Å². The van der Waals surface area contributed by atoms with E-state index in [1.807, 2.05) is 17.0 Å². The lowest BCUT2D eigenvalue weighted by molar-refractivity contribution is -0.133. The highest BCUT2D eigenvalue weighted by molar-refractivity contribution is 6.35. The van der Waals surface area contributed by atoms with Gasteiger partial charge in [-0.15, -0.1) is 0 Å². The molecule has 1 unspecified atom stereocenters. The molecule has 0 aromatic heterocycles. The van der Waals surface area contributed by atoms with Crippen LogP contribution in [0.2, 0.25) is 10.0 Å². The molecule has 6 nitrogen and oxygen atoms in total. The van der Waals surface area contributed by atoms with Gasteiger partial charge in [-0.25, -0.2) is 0 Å². The summed E-state index contributed by atoms with van der Waals surface area (Å²) >= 11 is 12.8. The van der Waals surface area contributed by atoms with Gasteiger partial charge >= 0.3 is 0 Å². The first kappa shape index (κ1) is 31.7. The van der Waals surface area contributed by atoms with Gasteiger partial charge in [0.05, 0.1) is 6.04 Å². The van der Waals surface area contributed by atoms with Gasteiger partial charge in [-0.05, 0) is 156 Å². The van der Waals surface area contributed by atoms with Crippen molar-refractivity contribution in [3.63, 3.8) is 0 Å². The fraction of sp³-hybridized carbons (Fsp3) is 0.618. The molecule has 3 aliphatic heterocycles. The van der Waals surface area contributed by atoms with Crippen molar-refractivity contribution in [3.8, 4) is 11.1 Å². The van der Waals surface area contributed by atoms with Gasteiger partial charge < -0.3 is 16.0 Å². The molecule has 0 spiro atoms. The second kappa shape index (κ2) is 14.9. The van der Waals surface area contributed by atoms with E-state index in [4.69, 9.17) is 28.9 Å². The molecule has 42 heavy (non-hydrogen) atoms. The van der Waals surface area contributed by atoms with Crippen molar-refractivity contribution in [2.45, 2.75) is 64.6 Å². The molecule has 2 aromatic rings. The molecule has 0 saturated carbocycles. The number of nitrogens with zero attached hydrogens (tertiary/aromatic N) is 3. The number of amides is 1. The highest BCUT2D eigenvalue weighted by Gasteiger charge is 2.31. The van der Waals surface area contributed by atoms with Crippen LogP contribution in [-0.2, 0) is 17.9 Å². The minimum Gasteiger partial charge on any atom is -0.341 e. The number of carbonyl (C=O) groups excluding carboxylic acids is 1. The monoisotopic (exact) mass is 613 g/mol. The zero-order valence-electron chi connectivity index (χ0n) is 25.5. The Kier molecular flexibility index (Phi) is 11.2. The lowest BCUT2D eigenvalue weighted by atomic mass is 9.78. The number of halogens is 2. The summed E-state index contributed by atoms with van der Waals surface area (Å²) in [5.74, 6) is 2.37. The van der Waals surface area contributed by atoms with Gasteiger partial charge in [-0.2, -0.15) is 0 Å². The molecule has 8 heteroatoms. The molecule has 230 valence electrons. The van der Waals surface area contributed by atoms with E-state index in [2.05, 4.69) is 40.4 Å². The van der Waals surface area contributed by atoms with E-state index in [1.54, 1.807) is 13.0 Å². The molecule has 1 amide bonds. The molecule has 0 radical (unpaired) electrons. The highest BCUT2D eigenvalue weighted by atomic mass is 35.5. The van der Waals surface area contributed by atoms with E-state index in [-0.39, 0.29) is 5.91 Å². The SMILES string of the molecule is CNCC1CCN(Cc2cc(CN3CCC(C4CCN(C(=O)C(C)N)CC4)CC3)cc(-c3cc(Cl)cc(Cl)c3)c2)CC1. The molecular weight excluding hydrogens is 565 g/mol. The number of piperidine rings is 3. The number of likely N-dealkylation sites (tertiary alicyclic amines) is 3. The molecule has 3 aliphatic rings. The third-order valence-electron chi connectivity index (χ3n) is 9.80. The number of hydrogen-bond acceptors (Lipinski definition) is 5. The van der Waals surface area contributed by atoms with Gasteiger partial charge in [0.2, 0.25) is 5.91 Å². The maximum atomic E-state index is 12.3. The third kappa shape index (κ3) is 8.49. The van der Waals surface area contributed by atoms with Crippen LogP contribution in [0.15, 0.2) is 36.4 Å². The first-order chi connectivity index (χ1) is 20.3. The molecule has 3 fully saturated rings. The number of benzene rings is 2. The predicted octanol–water partition coefficient (Wildman–Crippen LogP) is 5.89. The van der Waals surface area contributed by atoms with Crippen LogP contribution >= 0.6 is 23.2 Å². The lowest BCUT2D eigenvalue weighted by Crippen LogP contribution is -2.47. The predicted molar refractivity (Wildman–Crippen MR) is 175 cm³/mol. The van der Waals surface area contributed by atoms with E-state index in [0.29, 0.717) is 10.0 Å². The summed E-state index contributed by atoms with van der Waals surface area (Å²) < 4.78 is 0. The summed E-state index contributed by atoms with van der Waals surface area (Å²) in [4.78, 5) is 19.5.